The summed E-state index contributed by atoms with van der Waals surface area (Å²) in [6.07, 6.45) is 2.71. The van der Waals surface area contributed by atoms with Crippen LogP contribution in [0, 0.1) is 5.82 Å². The lowest BCUT2D eigenvalue weighted by Crippen LogP contribution is -2.13. The summed E-state index contributed by atoms with van der Waals surface area (Å²) in [4.78, 5) is 23.2. The van der Waals surface area contributed by atoms with Gasteiger partial charge in [-0.3, -0.25) is 9.59 Å². The fourth-order valence-electron chi connectivity index (χ4n) is 2.43. The van der Waals surface area contributed by atoms with E-state index in [9.17, 15) is 14.0 Å². The molecule has 25 heavy (non-hydrogen) atoms. The van der Waals surface area contributed by atoms with Gasteiger partial charge in [0.05, 0.1) is 6.61 Å². The topological polar surface area (TPSA) is 90.7 Å². The van der Waals surface area contributed by atoms with Crippen molar-refractivity contribution in [3.05, 3.63) is 65.0 Å². The third kappa shape index (κ3) is 4.02. The molecule has 3 N–H and O–H groups in total. The molecule has 2 amide bonds. The van der Waals surface area contributed by atoms with E-state index in [1.54, 1.807) is 18.2 Å². The third-order valence-electron chi connectivity index (χ3n) is 3.53. The lowest BCUT2D eigenvalue weighted by molar-refractivity contribution is -0.111. The van der Waals surface area contributed by atoms with Crippen LogP contribution in [0.5, 0.6) is 5.75 Å². The average Bonchev–Trinajstić information content (AvgIpc) is 2.59. The molecule has 0 unspecified atom stereocenters. The van der Waals surface area contributed by atoms with Crippen LogP contribution in [0.4, 0.5) is 10.1 Å². The first-order chi connectivity index (χ1) is 12.0. The number of amides is 2. The van der Waals surface area contributed by atoms with Gasteiger partial charge in [-0.2, -0.15) is 0 Å². The van der Waals surface area contributed by atoms with Gasteiger partial charge in [-0.15, -0.1) is 0 Å². The van der Waals surface area contributed by atoms with Crippen LogP contribution in [0.2, 0.25) is 0 Å². The van der Waals surface area contributed by atoms with Gasteiger partial charge in [0.2, 0.25) is 11.8 Å². The Morgan fingerprint density at radius 3 is 2.88 bits per heavy atom. The molecule has 0 aromatic heterocycles. The molecule has 0 saturated carbocycles. The molecule has 0 fully saturated rings. The van der Waals surface area contributed by atoms with Crippen molar-refractivity contribution in [2.45, 2.75) is 6.61 Å². The second kappa shape index (κ2) is 7.14. The molecule has 0 bridgehead atoms. The van der Waals surface area contributed by atoms with Crippen LogP contribution in [0.15, 0.2) is 42.5 Å². The number of carbonyl (C=O) groups excluding carboxylic acids is 2. The number of primary amides is 1. The van der Waals surface area contributed by atoms with Crippen LogP contribution in [-0.2, 0) is 16.1 Å². The van der Waals surface area contributed by atoms with Crippen molar-refractivity contribution in [2.24, 2.45) is 5.73 Å². The molecule has 1 aliphatic rings. The number of carbonyl (C=O) groups is 2. The van der Waals surface area contributed by atoms with E-state index < -0.39 is 17.6 Å². The molecule has 0 aliphatic carbocycles. The van der Waals surface area contributed by atoms with E-state index in [-0.39, 0.29) is 19.0 Å². The number of fused-ring (bicyclic) bond motifs is 1. The van der Waals surface area contributed by atoms with Crippen molar-refractivity contribution >= 4 is 23.6 Å². The molecule has 0 radical (unpaired) electrons. The lowest BCUT2D eigenvalue weighted by atomic mass is 10.1. The largest absolute Gasteiger partial charge is 0.467 e. The summed E-state index contributed by atoms with van der Waals surface area (Å²) in [7, 11) is 0. The van der Waals surface area contributed by atoms with Gasteiger partial charge in [0, 0.05) is 28.5 Å². The fourth-order valence-corrected chi connectivity index (χ4v) is 2.43. The molecule has 7 heteroatoms. The van der Waals surface area contributed by atoms with Crippen molar-refractivity contribution in [1.82, 2.24) is 0 Å². The van der Waals surface area contributed by atoms with E-state index in [4.69, 9.17) is 15.2 Å². The molecule has 0 spiro atoms. The van der Waals surface area contributed by atoms with E-state index >= 15 is 0 Å². The molecular formula is C18H15FN2O4. The van der Waals surface area contributed by atoms with Gasteiger partial charge < -0.3 is 20.5 Å². The number of ether oxygens (including phenoxy) is 2. The zero-order chi connectivity index (χ0) is 17.8. The van der Waals surface area contributed by atoms with E-state index in [1.165, 1.54) is 30.4 Å². The molecule has 2 aromatic carbocycles. The Hall–Kier alpha value is -3.19. The smallest absolute Gasteiger partial charge is 0.248 e. The van der Waals surface area contributed by atoms with Crippen LogP contribution in [0.25, 0.3) is 6.08 Å². The predicted octanol–water partition coefficient (Wildman–Crippen LogP) is 2.44. The summed E-state index contributed by atoms with van der Waals surface area (Å²) >= 11 is 0. The molecule has 1 heterocycles. The summed E-state index contributed by atoms with van der Waals surface area (Å²) in [5.74, 6) is -0.974. The molecule has 6 nitrogen and oxygen atoms in total. The first-order valence-corrected chi connectivity index (χ1v) is 7.45. The minimum absolute atomic E-state index is 0.0750. The highest BCUT2D eigenvalue weighted by atomic mass is 19.1. The Morgan fingerprint density at radius 1 is 1.24 bits per heavy atom. The maximum absolute atomic E-state index is 13.7. The number of nitrogens with two attached hydrogens (primary N) is 1. The Labute approximate surface area is 143 Å². The van der Waals surface area contributed by atoms with Gasteiger partial charge in [-0.05, 0) is 36.4 Å². The van der Waals surface area contributed by atoms with Gasteiger partial charge in [0.15, 0.2) is 6.79 Å². The molecule has 2 aromatic rings. The van der Waals surface area contributed by atoms with Crippen LogP contribution in [0.3, 0.4) is 0 Å². The van der Waals surface area contributed by atoms with Crippen molar-refractivity contribution in [3.63, 3.8) is 0 Å². The molecule has 0 atom stereocenters. The average molecular weight is 342 g/mol. The molecule has 128 valence electrons. The van der Waals surface area contributed by atoms with E-state index in [2.05, 4.69) is 5.32 Å². The van der Waals surface area contributed by atoms with Crippen LogP contribution in [-0.4, -0.2) is 18.6 Å². The summed E-state index contributed by atoms with van der Waals surface area (Å²) in [6.45, 7) is 0.325. The second-order valence-corrected chi connectivity index (χ2v) is 5.36. The monoisotopic (exact) mass is 342 g/mol. The highest BCUT2D eigenvalue weighted by Gasteiger charge is 2.15. The molecular weight excluding hydrogens is 327 g/mol. The quantitative estimate of drug-likeness (QED) is 0.835. The van der Waals surface area contributed by atoms with Crippen LogP contribution < -0.4 is 15.8 Å². The van der Waals surface area contributed by atoms with Crippen molar-refractivity contribution < 1.29 is 23.5 Å². The summed E-state index contributed by atoms with van der Waals surface area (Å²) in [6, 6.07) is 8.87. The fraction of sp³-hybridized carbons (Fsp3) is 0.111. The van der Waals surface area contributed by atoms with Crippen LogP contribution in [0.1, 0.15) is 21.5 Å². The predicted molar refractivity (Wildman–Crippen MR) is 89.3 cm³/mol. The molecule has 3 rings (SSSR count). The van der Waals surface area contributed by atoms with E-state index in [1.807, 2.05) is 0 Å². The van der Waals surface area contributed by atoms with Gasteiger partial charge in [-0.25, -0.2) is 4.39 Å². The minimum atomic E-state index is -0.586. The van der Waals surface area contributed by atoms with Crippen molar-refractivity contribution in [2.75, 3.05) is 12.1 Å². The third-order valence-corrected chi connectivity index (χ3v) is 3.53. The second-order valence-electron chi connectivity index (χ2n) is 5.36. The van der Waals surface area contributed by atoms with Crippen LogP contribution >= 0.6 is 0 Å². The van der Waals surface area contributed by atoms with Crippen molar-refractivity contribution in [1.29, 1.82) is 0 Å². The SMILES string of the molecule is NC(=O)c1cccc(NC(=O)/C=C/c2cc(F)cc3c2OCOC3)c1. The molecule has 0 saturated heterocycles. The number of hydrogen-bond donors (Lipinski definition) is 2. The lowest BCUT2D eigenvalue weighted by Gasteiger charge is -2.19. The molecule has 1 aliphatic heterocycles. The number of benzene rings is 2. The van der Waals surface area contributed by atoms with E-state index in [0.717, 1.165) is 0 Å². The Morgan fingerprint density at radius 2 is 2.08 bits per heavy atom. The summed E-state index contributed by atoms with van der Waals surface area (Å²) in [5.41, 5.74) is 6.94. The van der Waals surface area contributed by atoms with Gasteiger partial charge in [-0.1, -0.05) is 6.07 Å². The van der Waals surface area contributed by atoms with Gasteiger partial charge in [0.1, 0.15) is 11.6 Å². The zero-order valence-electron chi connectivity index (χ0n) is 13.1. The van der Waals surface area contributed by atoms with Gasteiger partial charge >= 0.3 is 0 Å². The maximum atomic E-state index is 13.7. The van der Waals surface area contributed by atoms with E-state index in [0.29, 0.717) is 22.6 Å². The number of anilines is 1. The Balaban J connectivity index is 1.76. The Bertz CT molecular complexity index is 864. The number of hydrogen-bond acceptors (Lipinski definition) is 4. The first-order valence-electron chi connectivity index (χ1n) is 7.45. The normalized spacial score (nSPS) is 13.2. The number of halogens is 1. The summed E-state index contributed by atoms with van der Waals surface area (Å²) in [5, 5.41) is 2.61. The standard InChI is InChI=1S/C18H15FN2O4/c19-14-6-11(17-13(7-14)9-24-10-25-17)4-5-16(22)21-15-3-1-2-12(8-15)18(20)23/h1-8H,9-10H2,(H2,20,23)(H,21,22)/b5-4+. The zero-order valence-corrected chi connectivity index (χ0v) is 13.1. The first kappa shape index (κ1) is 16.7. The van der Waals surface area contributed by atoms with Gasteiger partial charge in [0.25, 0.3) is 0 Å². The maximum Gasteiger partial charge on any atom is 0.248 e. The highest BCUT2D eigenvalue weighted by Crippen LogP contribution is 2.30. The minimum Gasteiger partial charge on any atom is -0.467 e. The Kier molecular flexibility index (Phi) is 4.76. The highest BCUT2D eigenvalue weighted by molar-refractivity contribution is 6.03. The number of rotatable bonds is 4. The number of nitrogens with one attached hydrogen (secondary N) is 1. The summed E-state index contributed by atoms with van der Waals surface area (Å²) < 4.78 is 24.1. The van der Waals surface area contributed by atoms with Crippen molar-refractivity contribution in [3.8, 4) is 5.75 Å².